The predicted octanol–water partition coefficient (Wildman–Crippen LogP) is 4.29. The van der Waals surface area contributed by atoms with Crippen LogP contribution in [0, 0.1) is 0 Å². The van der Waals surface area contributed by atoms with Crippen molar-refractivity contribution in [2.24, 2.45) is 5.73 Å². The fourth-order valence-electron chi connectivity index (χ4n) is 2.12. The third-order valence-corrected chi connectivity index (χ3v) is 3.18. The Morgan fingerprint density at radius 3 is 2.24 bits per heavy atom. The van der Waals surface area contributed by atoms with Crippen LogP contribution in [0.3, 0.4) is 0 Å². The highest BCUT2D eigenvalue weighted by Crippen LogP contribution is 2.26. The van der Waals surface area contributed by atoms with E-state index in [0.717, 1.165) is 22.6 Å². The molecule has 0 aliphatic rings. The van der Waals surface area contributed by atoms with Crippen LogP contribution in [0.5, 0.6) is 11.5 Å². The Labute approximate surface area is 128 Å². The molecule has 4 heteroatoms. The molecule has 0 unspecified atom stereocenters. The van der Waals surface area contributed by atoms with E-state index in [1.54, 1.807) is 0 Å². The normalized spacial score (nSPS) is 10.3. The fourth-order valence-corrected chi connectivity index (χ4v) is 2.23. The first-order chi connectivity index (χ1) is 10.2. The van der Waals surface area contributed by atoms with Crippen LogP contribution in [0.15, 0.2) is 66.7 Å². The van der Waals surface area contributed by atoms with E-state index < -0.39 is 0 Å². The van der Waals surface area contributed by atoms with Gasteiger partial charge in [0.15, 0.2) is 5.11 Å². The summed E-state index contributed by atoms with van der Waals surface area (Å²) in [6, 6.07) is 21.7. The molecule has 0 heterocycles. The van der Waals surface area contributed by atoms with Gasteiger partial charge in [0.25, 0.3) is 0 Å². The van der Waals surface area contributed by atoms with E-state index in [-0.39, 0.29) is 5.11 Å². The summed E-state index contributed by atoms with van der Waals surface area (Å²) in [7, 11) is 0. The van der Waals surface area contributed by atoms with Gasteiger partial charge in [-0.1, -0.05) is 30.3 Å². The van der Waals surface area contributed by atoms with Crippen molar-refractivity contribution in [2.75, 3.05) is 5.32 Å². The van der Waals surface area contributed by atoms with Crippen LogP contribution < -0.4 is 15.8 Å². The highest BCUT2D eigenvalue weighted by molar-refractivity contribution is 7.80. The SMILES string of the molecule is NC(=S)Nc1ccc(Oc2ccc3ccccc3c2)cc1. The lowest BCUT2D eigenvalue weighted by Gasteiger charge is -2.08. The number of nitrogens with one attached hydrogen (secondary N) is 1. The number of hydrogen-bond acceptors (Lipinski definition) is 2. The molecule has 0 saturated heterocycles. The summed E-state index contributed by atoms with van der Waals surface area (Å²) in [6.45, 7) is 0. The average Bonchev–Trinajstić information content (AvgIpc) is 2.49. The predicted molar refractivity (Wildman–Crippen MR) is 90.9 cm³/mol. The van der Waals surface area contributed by atoms with E-state index in [1.165, 1.54) is 5.39 Å². The molecule has 3 rings (SSSR count). The van der Waals surface area contributed by atoms with Crippen molar-refractivity contribution in [1.82, 2.24) is 0 Å². The Morgan fingerprint density at radius 1 is 0.857 bits per heavy atom. The number of ether oxygens (including phenoxy) is 1. The zero-order valence-electron chi connectivity index (χ0n) is 11.2. The number of hydrogen-bond donors (Lipinski definition) is 2. The molecule has 3 N–H and O–H groups in total. The maximum atomic E-state index is 5.85. The lowest BCUT2D eigenvalue weighted by atomic mass is 10.1. The van der Waals surface area contributed by atoms with E-state index in [2.05, 4.69) is 17.4 Å². The summed E-state index contributed by atoms with van der Waals surface area (Å²) in [5, 5.41) is 5.47. The van der Waals surface area contributed by atoms with Gasteiger partial charge in [-0.25, -0.2) is 0 Å². The first kappa shape index (κ1) is 13.4. The van der Waals surface area contributed by atoms with Crippen LogP contribution in [0.1, 0.15) is 0 Å². The van der Waals surface area contributed by atoms with Crippen molar-refractivity contribution < 1.29 is 4.74 Å². The van der Waals surface area contributed by atoms with Gasteiger partial charge in [-0.15, -0.1) is 0 Å². The Bertz CT molecular complexity index is 784. The van der Waals surface area contributed by atoms with Gasteiger partial charge in [0, 0.05) is 5.69 Å². The Morgan fingerprint density at radius 2 is 1.52 bits per heavy atom. The molecule has 0 radical (unpaired) electrons. The maximum absolute atomic E-state index is 5.85. The van der Waals surface area contributed by atoms with E-state index in [0.29, 0.717) is 0 Å². The number of thiocarbonyl (C=S) groups is 1. The zero-order chi connectivity index (χ0) is 14.7. The Hall–Kier alpha value is -2.59. The molecule has 104 valence electrons. The third-order valence-electron chi connectivity index (χ3n) is 3.08. The van der Waals surface area contributed by atoms with Crippen LogP contribution in [0.2, 0.25) is 0 Å². The van der Waals surface area contributed by atoms with Gasteiger partial charge in [0.05, 0.1) is 0 Å². The molecule has 0 aromatic heterocycles. The van der Waals surface area contributed by atoms with Crippen molar-refractivity contribution in [3.8, 4) is 11.5 Å². The summed E-state index contributed by atoms with van der Waals surface area (Å²) in [5.74, 6) is 1.57. The third kappa shape index (κ3) is 3.30. The maximum Gasteiger partial charge on any atom is 0.168 e. The average molecular weight is 294 g/mol. The first-order valence-electron chi connectivity index (χ1n) is 6.54. The smallest absolute Gasteiger partial charge is 0.168 e. The molecule has 0 amide bonds. The van der Waals surface area contributed by atoms with Gasteiger partial charge < -0.3 is 15.8 Å². The van der Waals surface area contributed by atoms with Crippen LogP contribution in [-0.4, -0.2) is 5.11 Å². The summed E-state index contributed by atoms with van der Waals surface area (Å²) >= 11 is 4.80. The molecule has 3 aromatic rings. The minimum Gasteiger partial charge on any atom is -0.457 e. The molecular weight excluding hydrogens is 280 g/mol. The first-order valence-corrected chi connectivity index (χ1v) is 6.95. The second kappa shape index (κ2) is 5.81. The number of nitrogens with two attached hydrogens (primary N) is 1. The molecule has 3 aromatic carbocycles. The van der Waals surface area contributed by atoms with E-state index in [9.17, 15) is 0 Å². The van der Waals surface area contributed by atoms with E-state index in [1.807, 2.05) is 54.6 Å². The Kier molecular flexibility index (Phi) is 3.71. The quantitative estimate of drug-likeness (QED) is 0.708. The molecular formula is C17H14N2OS. The lowest BCUT2D eigenvalue weighted by Crippen LogP contribution is -2.18. The van der Waals surface area contributed by atoms with Crippen LogP contribution in [0.25, 0.3) is 10.8 Å². The number of benzene rings is 3. The summed E-state index contributed by atoms with van der Waals surface area (Å²) in [4.78, 5) is 0. The summed E-state index contributed by atoms with van der Waals surface area (Å²) < 4.78 is 5.85. The number of anilines is 1. The van der Waals surface area contributed by atoms with Crippen molar-refractivity contribution in [3.05, 3.63) is 66.7 Å². The molecule has 0 atom stereocenters. The molecule has 0 aliphatic carbocycles. The van der Waals surface area contributed by atoms with Crippen molar-refractivity contribution in [2.45, 2.75) is 0 Å². The van der Waals surface area contributed by atoms with E-state index in [4.69, 9.17) is 22.7 Å². The van der Waals surface area contributed by atoms with Gasteiger partial charge in [0.1, 0.15) is 11.5 Å². The van der Waals surface area contributed by atoms with Gasteiger partial charge in [-0.05, 0) is 59.4 Å². The second-order valence-corrected chi connectivity index (χ2v) is 5.06. The van der Waals surface area contributed by atoms with E-state index >= 15 is 0 Å². The summed E-state index contributed by atoms with van der Waals surface area (Å²) in [5.41, 5.74) is 6.27. The van der Waals surface area contributed by atoms with Crippen molar-refractivity contribution in [3.63, 3.8) is 0 Å². The number of rotatable bonds is 3. The molecule has 3 nitrogen and oxygen atoms in total. The lowest BCUT2D eigenvalue weighted by molar-refractivity contribution is 0.483. The highest BCUT2D eigenvalue weighted by atomic mass is 32.1. The second-order valence-electron chi connectivity index (χ2n) is 4.62. The van der Waals surface area contributed by atoms with Gasteiger partial charge >= 0.3 is 0 Å². The topological polar surface area (TPSA) is 47.3 Å². The molecule has 0 spiro atoms. The fraction of sp³-hybridized carbons (Fsp3) is 0. The van der Waals surface area contributed by atoms with Crippen molar-refractivity contribution >= 4 is 33.8 Å². The molecule has 0 aliphatic heterocycles. The minimum absolute atomic E-state index is 0.248. The Balaban J connectivity index is 1.79. The molecule has 0 fully saturated rings. The number of fused-ring (bicyclic) bond motifs is 1. The van der Waals surface area contributed by atoms with Crippen LogP contribution in [0.4, 0.5) is 5.69 Å². The zero-order valence-corrected chi connectivity index (χ0v) is 12.1. The molecule has 0 saturated carbocycles. The van der Waals surface area contributed by atoms with Gasteiger partial charge in [0.2, 0.25) is 0 Å². The van der Waals surface area contributed by atoms with Gasteiger partial charge in [-0.2, -0.15) is 0 Å². The largest absolute Gasteiger partial charge is 0.457 e. The highest BCUT2D eigenvalue weighted by Gasteiger charge is 2.00. The minimum atomic E-state index is 0.248. The standard InChI is InChI=1S/C17H14N2OS/c18-17(21)19-14-6-9-15(10-7-14)20-16-8-5-12-3-1-2-4-13(12)11-16/h1-11H,(H3,18,19,21). The van der Waals surface area contributed by atoms with Crippen molar-refractivity contribution in [1.29, 1.82) is 0 Å². The monoisotopic (exact) mass is 294 g/mol. The summed E-state index contributed by atoms with van der Waals surface area (Å²) in [6.07, 6.45) is 0. The van der Waals surface area contributed by atoms with Crippen LogP contribution in [-0.2, 0) is 0 Å². The van der Waals surface area contributed by atoms with Gasteiger partial charge in [-0.3, -0.25) is 0 Å². The molecule has 21 heavy (non-hydrogen) atoms. The van der Waals surface area contributed by atoms with Crippen LogP contribution >= 0.6 is 12.2 Å². The molecule has 0 bridgehead atoms.